The molecule has 4 nitrogen and oxygen atoms in total. The van der Waals surface area contributed by atoms with Crippen LogP contribution in [0.25, 0.3) is 0 Å². The highest BCUT2D eigenvalue weighted by molar-refractivity contribution is 7.99. The van der Waals surface area contributed by atoms with Crippen LogP contribution in [0.1, 0.15) is 31.0 Å². The highest BCUT2D eigenvalue weighted by Gasteiger charge is 2.14. The largest absolute Gasteiger partial charge is 0.481 e. The molecule has 2 atom stereocenters. The van der Waals surface area contributed by atoms with E-state index in [1.54, 1.807) is 6.92 Å². The Morgan fingerprint density at radius 2 is 1.95 bits per heavy atom. The number of hydrogen-bond acceptors (Lipinski definition) is 3. The summed E-state index contributed by atoms with van der Waals surface area (Å²) in [5.41, 5.74) is 2.25. The zero-order valence-corrected chi connectivity index (χ0v) is 12.9. The summed E-state index contributed by atoms with van der Waals surface area (Å²) >= 11 is 1.35. The predicted octanol–water partition coefficient (Wildman–Crippen LogP) is 2.63. The number of carboxylic acid groups (broad SMARTS) is 1. The molecule has 0 aromatic heterocycles. The van der Waals surface area contributed by atoms with Crippen LogP contribution < -0.4 is 5.32 Å². The lowest BCUT2D eigenvalue weighted by Crippen LogP contribution is -2.29. The first-order valence-electron chi connectivity index (χ1n) is 6.57. The molecular formula is C15H21NO3S. The van der Waals surface area contributed by atoms with Crippen molar-refractivity contribution in [1.82, 2.24) is 5.32 Å². The summed E-state index contributed by atoms with van der Waals surface area (Å²) in [6.07, 6.45) is 0. The molecule has 1 amide bonds. The quantitative estimate of drug-likeness (QED) is 0.811. The van der Waals surface area contributed by atoms with Crippen LogP contribution in [0.4, 0.5) is 0 Å². The molecule has 0 aliphatic rings. The zero-order chi connectivity index (χ0) is 15.1. The minimum atomic E-state index is -0.828. The lowest BCUT2D eigenvalue weighted by molar-refractivity contribution is -0.140. The van der Waals surface area contributed by atoms with E-state index in [0.717, 1.165) is 11.1 Å². The summed E-state index contributed by atoms with van der Waals surface area (Å²) < 4.78 is 0. The third-order valence-corrected chi connectivity index (χ3v) is 4.26. The smallest absolute Gasteiger partial charge is 0.307 e. The first kappa shape index (κ1) is 16.6. The van der Waals surface area contributed by atoms with Gasteiger partial charge < -0.3 is 10.4 Å². The number of amides is 1. The van der Waals surface area contributed by atoms with Crippen LogP contribution in [0.3, 0.4) is 0 Å². The van der Waals surface area contributed by atoms with Crippen molar-refractivity contribution in [3.8, 4) is 0 Å². The standard InChI is InChI=1S/C15H21NO3S/c1-10-6-4-5-7-13(10)12(3)16-14(17)9-20-8-11(2)15(18)19/h4-7,11-12H,8-9H2,1-3H3,(H,16,17)(H,18,19). The van der Waals surface area contributed by atoms with E-state index < -0.39 is 11.9 Å². The molecule has 1 rings (SSSR count). The van der Waals surface area contributed by atoms with Gasteiger partial charge >= 0.3 is 5.97 Å². The molecule has 0 aliphatic heterocycles. The molecule has 0 aliphatic carbocycles. The third-order valence-electron chi connectivity index (χ3n) is 3.06. The van der Waals surface area contributed by atoms with Gasteiger partial charge in [-0.3, -0.25) is 9.59 Å². The summed E-state index contributed by atoms with van der Waals surface area (Å²) in [6.45, 7) is 5.61. The molecule has 110 valence electrons. The third kappa shape index (κ3) is 5.25. The number of carboxylic acids is 1. The van der Waals surface area contributed by atoms with E-state index in [4.69, 9.17) is 5.11 Å². The summed E-state index contributed by atoms with van der Waals surface area (Å²) in [7, 11) is 0. The van der Waals surface area contributed by atoms with Gasteiger partial charge in [0.1, 0.15) is 0 Å². The average molecular weight is 295 g/mol. The van der Waals surface area contributed by atoms with Gasteiger partial charge in [0, 0.05) is 5.75 Å². The number of carbonyl (C=O) groups is 2. The molecule has 0 spiro atoms. The fourth-order valence-electron chi connectivity index (χ4n) is 1.83. The van der Waals surface area contributed by atoms with Crippen molar-refractivity contribution in [3.05, 3.63) is 35.4 Å². The van der Waals surface area contributed by atoms with E-state index in [1.807, 2.05) is 38.1 Å². The molecule has 5 heteroatoms. The van der Waals surface area contributed by atoms with E-state index >= 15 is 0 Å². The van der Waals surface area contributed by atoms with E-state index in [1.165, 1.54) is 11.8 Å². The van der Waals surface area contributed by atoms with Crippen LogP contribution in [0.5, 0.6) is 0 Å². The maximum atomic E-state index is 11.8. The molecule has 0 fully saturated rings. The average Bonchev–Trinajstić information content (AvgIpc) is 2.38. The lowest BCUT2D eigenvalue weighted by atomic mass is 10.0. The van der Waals surface area contributed by atoms with Gasteiger partial charge in [0.05, 0.1) is 17.7 Å². The van der Waals surface area contributed by atoms with E-state index in [2.05, 4.69) is 5.32 Å². The molecule has 2 N–H and O–H groups in total. The van der Waals surface area contributed by atoms with E-state index in [0.29, 0.717) is 5.75 Å². The number of aryl methyl sites for hydroxylation is 1. The molecule has 20 heavy (non-hydrogen) atoms. The van der Waals surface area contributed by atoms with Gasteiger partial charge in [-0.2, -0.15) is 11.8 Å². The lowest BCUT2D eigenvalue weighted by Gasteiger charge is -2.16. The minimum absolute atomic E-state index is 0.0406. The maximum absolute atomic E-state index is 11.8. The molecule has 2 unspecified atom stereocenters. The summed E-state index contributed by atoms with van der Waals surface area (Å²) in [5, 5.41) is 11.7. The maximum Gasteiger partial charge on any atom is 0.307 e. The topological polar surface area (TPSA) is 66.4 Å². The monoisotopic (exact) mass is 295 g/mol. The second kappa shape index (κ2) is 7.94. The van der Waals surface area contributed by atoms with Gasteiger partial charge in [-0.05, 0) is 25.0 Å². The molecule has 1 aromatic carbocycles. The van der Waals surface area contributed by atoms with Crippen molar-refractivity contribution >= 4 is 23.6 Å². The second-order valence-corrected chi connectivity index (χ2v) is 5.93. The Morgan fingerprint density at radius 1 is 1.30 bits per heavy atom. The number of nitrogens with one attached hydrogen (secondary N) is 1. The number of rotatable bonds is 7. The van der Waals surface area contributed by atoms with Crippen molar-refractivity contribution in [1.29, 1.82) is 0 Å². The molecule has 1 aromatic rings. The van der Waals surface area contributed by atoms with Crippen molar-refractivity contribution < 1.29 is 14.7 Å². The zero-order valence-electron chi connectivity index (χ0n) is 12.1. The Balaban J connectivity index is 2.39. The van der Waals surface area contributed by atoms with Crippen molar-refractivity contribution in [2.24, 2.45) is 5.92 Å². The van der Waals surface area contributed by atoms with Crippen LogP contribution in [0.2, 0.25) is 0 Å². The van der Waals surface area contributed by atoms with Crippen molar-refractivity contribution in [3.63, 3.8) is 0 Å². The van der Waals surface area contributed by atoms with Gasteiger partial charge in [0.15, 0.2) is 0 Å². The van der Waals surface area contributed by atoms with Crippen LogP contribution >= 0.6 is 11.8 Å². The van der Waals surface area contributed by atoms with Gasteiger partial charge in [0.25, 0.3) is 0 Å². The van der Waals surface area contributed by atoms with Gasteiger partial charge in [-0.15, -0.1) is 0 Å². The molecule has 0 heterocycles. The summed E-state index contributed by atoms with van der Waals surface area (Å²) in [4.78, 5) is 22.5. The van der Waals surface area contributed by atoms with Crippen molar-refractivity contribution in [2.45, 2.75) is 26.8 Å². The van der Waals surface area contributed by atoms with Gasteiger partial charge in [-0.25, -0.2) is 0 Å². The van der Waals surface area contributed by atoms with Crippen LogP contribution in [0.15, 0.2) is 24.3 Å². The fraction of sp³-hybridized carbons (Fsp3) is 0.467. The second-order valence-electron chi connectivity index (χ2n) is 4.90. The van der Waals surface area contributed by atoms with E-state index in [9.17, 15) is 9.59 Å². The first-order chi connectivity index (χ1) is 9.41. The molecule has 0 saturated carbocycles. The van der Waals surface area contributed by atoms with Gasteiger partial charge in [-0.1, -0.05) is 31.2 Å². The highest BCUT2D eigenvalue weighted by Crippen LogP contribution is 2.17. The minimum Gasteiger partial charge on any atom is -0.481 e. The van der Waals surface area contributed by atoms with Crippen LogP contribution in [0, 0.1) is 12.8 Å². The summed E-state index contributed by atoms with van der Waals surface area (Å²) in [5.74, 6) is -0.592. The Labute approximate surface area is 124 Å². The Morgan fingerprint density at radius 3 is 2.55 bits per heavy atom. The SMILES string of the molecule is Cc1ccccc1C(C)NC(=O)CSCC(C)C(=O)O. The Hall–Kier alpha value is -1.49. The number of benzene rings is 1. The van der Waals surface area contributed by atoms with Crippen molar-refractivity contribution in [2.75, 3.05) is 11.5 Å². The molecule has 0 bridgehead atoms. The fourth-order valence-corrected chi connectivity index (χ4v) is 2.72. The van der Waals surface area contributed by atoms with Crippen LogP contribution in [-0.2, 0) is 9.59 Å². The Kier molecular flexibility index (Phi) is 6.58. The Bertz CT molecular complexity index is 476. The molecule has 0 radical (unpaired) electrons. The normalized spacial score (nSPS) is 13.6. The first-order valence-corrected chi connectivity index (χ1v) is 7.72. The number of aliphatic carboxylic acids is 1. The van der Waals surface area contributed by atoms with Crippen LogP contribution in [-0.4, -0.2) is 28.5 Å². The number of thioether (sulfide) groups is 1. The molecule has 0 saturated heterocycles. The summed E-state index contributed by atoms with van der Waals surface area (Å²) in [6, 6.07) is 7.90. The highest BCUT2D eigenvalue weighted by atomic mass is 32.2. The number of hydrogen-bond donors (Lipinski definition) is 2. The van der Waals surface area contributed by atoms with E-state index in [-0.39, 0.29) is 17.7 Å². The van der Waals surface area contributed by atoms with Gasteiger partial charge in [0.2, 0.25) is 5.91 Å². The molecular weight excluding hydrogens is 274 g/mol. The predicted molar refractivity (Wildman–Crippen MR) is 81.9 cm³/mol. The number of carbonyl (C=O) groups excluding carboxylic acids is 1.